The van der Waals surface area contributed by atoms with Gasteiger partial charge in [0, 0.05) is 0 Å². The summed E-state index contributed by atoms with van der Waals surface area (Å²) < 4.78 is 51.7. The highest BCUT2D eigenvalue weighted by molar-refractivity contribution is 5.78. The maximum absolute atomic E-state index is 13.5. The van der Waals surface area contributed by atoms with Gasteiger partial charge in [0.15, 0.2) is 0 Å². The molecule has 0 aliphatic carbocycles. The molecule has 0 aliphatic rings. The van der Waals surface area contributed by atoms with Crippen molar-refractivity contribution in [3.05, 3.63) is 155 Å². The van der Waals surface area contributed by atoms with Crippen molar-refractivity contribution < 1.29 is 17.6 Å². The Morgan fingerprint density at radius 1 is 0.837 bits per heavy atom. The van der Waals surface area contributed by atoms with Gasteiger partial charge in [0.1, 0.15) is 5.83 Å². The Bertz CT molecular complexity index is 1430. The van der Waals surface area contributed by atoms with Crippen molar-refractivity contribution in [3.63, 3.8) is 0 Å². The van der Waals surface area contributed by atoms with Gasteiger partial charge in [0.25, 0.3) is 0 Å². The van der Waals surface area contributed by atoms with E-state index in [1.165, 1.54) is 40.5 Å². The van der Waals surface area contributed by atoms with Crippen LogP contribution >= 0.6 is 0 Å². The van der Waals surface area contributed by atoms with Gasteiger partial charge in [-0.1, -0.05) is 106 Å². The molecule has 0 unspecified atom stereocenters. The van der Waals surface area contributed by atoms with E-state index in [9.17, 15) is 17.6 Å². The highest BCUT2D eigenvalue weighted by Gasteiger charge is 2.30. The lowest BCUT2D eigenvalue weighted by atomic mass is 9.97. The highest BCUT2D eigenvalue weighted by Crippen LogP contribution is 2.31. The maximum atomic E-state index is 13.5. The largest absolute Gasteiger partial charge is 0.416 e. The Labute approximate surface area is 256 Å². The second-order valence-corrected chi connectivity index (χ2v) is 10.2. The summed E-state index contributed by atoms with van der Waals surface area (Å²) in [5.41, 5.74) is 8.21. The van der Waals surface area contributed by atoms with Gasteiger partial charge in [-0.2, -0.15) is 13.2 Å². The van der Waals surface area contributed by atoms with Crippen LogP contribution in [-0.2, 0) is 19.0 Å². The molecular weight excluding hydrogens is 544 g/mol. The minimum absolute atomic E-state index is 0.284. The maximum Gasteiger partial charge on any atom is 0.416 e. The third-order valence-corrected chi connectivity index (χ3v) is 6.54. The molecule has 3 aromatic carbocycles. The summed E-state index contributed by atoms with van der Waals surface area (Å²) in [6.45, 7) is 21.4. The molecular formula is C39H46F4. The van der Waals surface area contributed by atoms with Crippen LogP contribution in [0.2, 0.25) is 0 Å². The molecule has 0 nitrogen and oxygen atoms in total. The van der Waals surface area contributed by atoms with Crippen LogP contribution in [0, 0.1) is 6.92 Å². The number of hydrogen-bond donors (Lipinski definition) is 0. The zero-order valence-electron chi connectivity index (χ0n) is 26.7. The number of alkyl halides is 3. The number of benzene rings is 3. The number of aryl methyl sites for hydroxylation is 3. The topological polar surface area (TPSA) is 0 Å². The van der Waals surface area contributed by atoms with Crippen molar-refractivity contribution in [3.8, 4) is 0 Å². The van der Waals surface area contributed by atoms with Gasteiger partial charge in [0.05, 0.1) is 5.56 Å². The summed E-state index contributed by atoms with van der Waals surface area (Å²) in [4.78, 5) is 0. The monoisotopic (exact) mass is 590 g/mol. The average molecular weight is 591 g/mol. The predicted octanol–water partition coefficient (Wildman–Crippen LogP) is 12.7. The summed E-state index contributed by atoms with van der Waals surface area (Å²) >= 11 is 0. The van der Waals surface area contributed by atoms with Crippen LogP contribution in [0.5, 0.6) is 0 Å². The summed E-state index contributed by atoms with van der Waals surface area (Å²) in [6.07, 6.45) is 3.27. The van der Waals surface area contributed by atoms with Crippen LogP contribution in [0.1, 0.15) is 81.3 Å². The van der Waals surface area contributed by atoms with E-state index in [1.807, 2.05) is 58.0 Å². The Hall–Kier alpha value is -3.92. The van der Waals surface area contributed by atoms with Crippen molar-refractivity contribution in [1.29, 1.82) is 0 Å². The van der Waals surface area contributed by atoms with Crippen molar-refractivity contribution in [2.45, 2.75) is 73.9 Å². The van der Waals surface area contributed by atoms with E-state index in [4.69, 9.17) is 0 Å². The first kappa shape index (κ1) is 37.1. The molecule has 0 aromatic heterocycles. The van der Waals surface area contributed by atoms with Gasteiger partial charge < -0.3 is 0 Å². The molecule has 0 atom stereocenters. The van der Waals surface area contributed by atoms with E-state index in [-0.39, 0.29) is 5.83 Å². The summed E-state index contributed by atoms with van der Waals surface area (Å²) in [6, 6.07) is 21.8. The molecule has 0 aliphatic heterocycles. The molecule has 0 bridgehead atoms. The Morgan fingerprint density at radius 2 is 1.47 bits per heavy atom. The molecule has 0 radical (unpaired) electrons. The normalized spacial score (nSPS) is 11.7. The summed E-state index contributed by atoms with van der Waals surface area (Å²) in [5.74, 6) is -0.284. The standard InChI is InChI=1S/C19H19F3.C18H21F.C2H6/c1-3-15-6-4-7-16(12-15)11-10-14(2)17-8-5-9-18(13-17)19(20,21)22;1-6-18(19)15(5)12-16(11-13(2)3)17-10-8-7-9-14(17)4;1-2/h4-9,12-13H,2-3,10-11H2,1H3;6-12H,1H2,2-5H3;1-2H3/b;16-12+,18-15-;. The average Bonchev–Trinajstić information content (AvgIpc) is 3.00. The van der Waals surface area contributed by atoms with Crippen molar-refractivity contribution >= 4 is 11.1 Å². The van der Waals surface area contributed by atoms with E-state index in [1.54, 1.807) is 13.0 Å². The van der Waals surface area contributed by atoms with Crippen LogP contribution in [0.4, 0.5) is 17.6 Å². The molecule has 0 spiro atoms. The van der Waals surface area contributed by atoms with Crippen LogP contribution < -0.4 is 0 Å². The van der Waals surface area contributed by atoms with E-state index in [0.717, 1.165) is 35.6 Å². The fraction of sp³-hybridized carbons (Fsp3) is 0.282. The molecule has 0 heterocycles. The number of hydrogen-bond acceptors (Lipinski definition) is 0. The van der Waals surface area contributed by atoms with Gasteiger partial charge in [-0.15, -0.1) is 0 Å². The molecule has 230 valence electrons. The Morgan fingerprint density at radius 3 is 2.05 bits per heavy atom. The molecule has 0 saturated heterocycles. The van der Waals surface area contributed by atoms with E-state index < -0.39 is 11.7 Å². The Balaban J connectivity index is 0.000000411. The minimum atomic E-state index is -4.31. The second kappa shape index (κ2) is 18.6. The molecule has 0 amide bonds. The van der Waals surface area contributed by atoms with Gasteiger partial charge in [0.2, 0.25) is 0 Å². The van der Waals surface area contributed by atoms with E-state index in [0.29, 0.717) is 17.6 Å². The lowest BCUT2D eigenvalue weighted by molar-refractivity contribution is -0.137. The van der Waals surface area contributed by atoms with Crippen LogP contribution in [-0.4, -0.2) is 0 Å². The summed E-state index contributed by atoms with van der Waals surface area (Å²) in [7, 11) is 0. The number of rotatable bonds is 9. The summed E-state index contributed by atoms with van der Waals surface area (Å²) in [5, 5.41) is 0. The van der Waals surface area contributed by atoms with Gasteiger partial charge in [-0.25, -0.2) is 4.39 Å². The molecule has 43 heavy (non-hydrogen) atoms. The highest BCUT2D eigenvalue weighted by atomic mass is 19.4. The first-order chi connectivity index (χ1) is 20.3. The minimum Gasteiger partial charge on any atom is -0.207 e. The molecule has 3 aromatic rings. The fourth-order valence-corrected chi connectivity index (χ4v) is 4.23. The van der Waals surface area contributed by atoms with Gasteiger partial charge in [-0.3, -0.25) is 0 Å². The van der Waals surface area contributed by atoms with E-state index in [2.05, 4.69) is 57.3 Å². The molecule has 0 saturated carbocycles. The Kier molecular flexibility index (Phi) is 16.0. The quantitative estimate of drug-likeness (QED) is 0.172. The first-order valence-corrected chi connectivity index (χ1v) is 14.7. The zero-order valence-corrected chi connectivity index (χ0v) is 26.7. The third kappa shape index (κ3) is 12.9. The molecule has 3 rings (SSSR count). The van der Waals surface area contributed by atoms with Crippen LogP contribution in [0.25, 0.3) is 11.1 Å². The lowest BCUT2D eigenvalue weighted by Gasteiger charge is -2.11. The molecule has 0 N–H and O–H groups in total. The SMILES string of the molecule is C=C(CCc1cccc(CC)c1)c1cccc(C(F)(F)F)c1.C=C/C(F)=C(C)/C=C(\C=C(C)C)c1ccccc1C.CC. The van der Waals surface area contributed by atoms with Crippen molar-refractivity contribution in [1.82, 2.24) is 0 Å². The lowest BCUT2D eigenvalue weighted by Crippen LogP contribution is -2.05. The number of allylic oxidation sites excluding steroid dienone is 8. The zero-order chi connectivity index (χ0) is 32.6. The fourth-order valence-electron chi connectivity index (χ4n) is 4.23. The van der Waals surface area contributed by atoms with Crippen LogP contribution in [0.3, 0.4) is 0 Å². The smallest absolute Gasteiger partial charge is 0.207 e. The third-order valence-electron chi connectivity index (χ3n) is 6.54. The molecule has 4 heteroatoms. The van der Waals surface area contributed by atoms with Crippen molar-refractivity contribution in [2.75, 3.05) is 0 Å². The van der Waals surface area contributed by atoms with Crippen LogP contribution in [0.15, 0.2) is 121 Å². The second-order valence-electron chi connectivity index (χ2n) is 10.2. The first-order valence-electron chi connectivity index (χ1n) is 14.7. The van der Waals surface area contributed by atoms with E-state index >= 15 is 0 Å². The van der Waals surface area contributed by atoms with Gasteiger partial charge in [-0.05, 0) is 116 Å². The number of halogens is 4. The van der Waals surface area contributed by atoms with Crippen molar-refractivity contribution in [2.24, 2.45) is 0 Å². The molecule has 0 fully saturated rings. The predicted molar refractivity (Wildman–Crippen MR) is 179 cm³/mol. The van der Waals surface area contributed by atoms with Gasteiger partial charge >= 0.3 is 6.18 Å².